The van der Waals surface area contributed by atoms with E-state index in [1.54, 1.807) is 18.5 Å². The standard InChI is InChI=1S/C16H11N5OS/c1-21-6-4-10-7-12(9-22)18-13(14(10)21)16-20-19-15(23-16)11-3-2-5-17-8-11/h2-9H,1H3. The number of fused-ring (bicyclic) bond motifs is 1. The van der Waals surface area contributed by atoms with Gasteiger partial charge in [0.25, 0.3) is 0 Å². The van der Waals surface area contributed by atoms with Gasteiger partial charge in [-0.2, -0.15) is 0 Å². The summed E-state index contributed by atoms with van der Waals surface area (Å²) < 4.78 is 1.97. The predicted octanol–water partition coefficient (Wildman–Crippen LogP) is 2.97. The Balaban J connectivity index is 1.91. The van der Waals surface area contributed by atoms with Crippen molar-refractivity contribution in [3.8, 4) is 21.3 Å². The first-order chi connectivity index (χ1) is 11.3. The Bertz CT molecular complexity index is 1010. The lowest BCUT2D eigenvalue weighted by Gasteiger charge is -2.03. The van der Waals surface area contributed by atoms with Gasteiger partial charge in [-0.05, 0) is 24.3 Å². The lowest BCUT2D eigenvalue weighted by Crippen LogP contribution is -1.95. The summed E-state index contributed by atoms with van der Waals surface area (Å²) in [5.74, 6) is 0. The Hall–Kier alpha value is -2.93. The van der Waals surface area contributed by atoms with Crippen molar-refractivity contribution in [1.82, 2.24) is 24.7 Å². The van der Waals surface area contributed by atoms with Crippen LogP contribution < -0.4 is 0 Å². The molecule has 0 spiro atoms. The van der Waals surface area contributed by atoms with E-state index in [1.807, 2.05) is 36.0 Å². The van der Waals surface area contributed by atoms with E-state index in [2.05, 4.69) is 20.2 Å². The van der Waals surface area contributed by atoms with Crippen molar-refractivity contribution in [3.63, 3.8) is 0 Å². The van der Waals surface area contributed by atoms with E-state index in [4.69, 9.17) is 0 Å². The van der Waals surface area contributed by atoms with Gasteiger partial charge in [-0.15, -0.1) is 10.2 Å². The number of nitrogens with zero attached hydrogens (tertiary/aromatic N) is 5. The monoisotopic (exact) mass is 321 g/mol. The maximum atomic E-state index is 11.2. The second-order valence-corrected chi connectivity index (χ2v) is 6.01. The fourth-order valence-corrected chi connectivity index (χ4v) is 3.30. The van der Waals surface area contributed by atoms with Crippen LogP contribution in [0.25, 0.3) is 32.2 Å². The zero-order chi connectivity index (χ0) is 15.8. The van der Waals surface area contributed by atoms with Gasteiger partial charge in [0.05, 0.1) is 5.52 Å². The normalized spacial score (nSPS) is 11.0. The Labute approximate surface area is 135 Å². The summed E-state index contributed by atoms with van der Waals surface area (Å²) in [6.07, 6.45) is 6.15. The predicted molar refractivity (Wildman–Crippen MR) is 88.2 cm³/mol. The smallest absolute Gasteiger partial charge is 0.168 e. The molecule has 0 saturated carbocycles. The Kier molecular flexibility index (Phi) is 3.20. The van der Waals surface area contributed by atoms with E-state index in [0.717, 1.165) is 27.8 Å². The van der Waals surface area contributed by atoms with E-state index in [0.29, 0.717) is 16.4 Å². The van der Waals surface area contributed by atoms with Crippen molar-refractivity contribution in [2.75, 3.05) is 0 Å². The summed E-state index contributed by atoms with van der Waals surface area (Å²) in [7, 11) is 1.94. The maximum absolute atomic E-state index is 11.2. The van der Waals surface area contributed by atoms with Crippen LogP contribution in [0.5, 0.6) is 0 Å². The summed E-state index contributed by atoms with van der Waals surface area (Å²) >= 11 is 1.43. The summed E-state index contributed by atoms with van der Waals surface area (Å²) in [5, 5.41) is 10.9. The molecule has 0 radical (unpaired) electrons. The summed E-state index contributed by atoms with van der Waals surface area (Å²) in [6, 6.07) is 7.52. The number of aryl methyl sites for hydroxylation is 1. The van der Waals surface area contributed by atoms with Gasteiger partial charge >= 0.3 is 0 Å². The van der Waals surface area contributed by atoms with Crippen LogP contribution in [0.3, 0.4) is 0 Å². The minimum atomic E-state index is 0.386. The minimum absolute atomic E-state index is 0.386. The van der Waals surface area contributed by atoms with Crippen molar-refractivity contribution < 1.29 is 4.79 Å². The fourth-order valence-electron chi connectivity index (χ4n) is 2.48. The van der Waals surface area contributed by atoms with Gasteiger partial charge in [0.2, 0.25) is 0 Å². The highest BCUT2D eigenvalue weighted by Gasteiger charge is 2.16. The third kappa shape index (κ3) is 2.31. The number of carbonyl (C=O) groups excluding carboxylic acids is 1. The van der Waals surface area contributed by atoms with Crippen LogP contribution in [0.15, 0.2) is 42.9 Å². The highest BCUT2D eigenvalue weighted by Crippen LogP contribution is 2.33. The van der Waals surface area contributed by atoms with Crippen molar-refractivity contribution in [2.24, 2.45) is 7.05 Å². The van der Waals surface area contributed by atoms with Crippen molar-refractivity contribution in [3.05, 3.63) is 48.5 Å². The van der Waals surface area contributed by atoms with Crippen molar-refractivity contribution in [1.29, 1.82) is 0 Å². The van der Waals surface area contributed by atoms with Gasteiger partial charge in [-0.1, -0.05) is 11.3 Å². The first-order valence-electron chi connectivity index (χ1n) is 6.92. The Morgan fingerprint density at radius 3 is 2.87 bits per heavy atom. The fraction of sp³-hybridized carbons (Fsp3) is 0.0625. The molecule has 0 amide bonds. The number of aromatic nitrogens is 5. The molecule has 4 aromatic rings. The van der Waals surface area contributed by atoms with E-state index in [1.165, 1.54) is 11.3 Å². The topological polar surface area (TPSA) is 73.6 Å². The van der Waals surface area contributed by atoms with Gasteiger partial charge in [0, 0.05) is 36.6 Å². The van der Waals surface area contributed by atoms with Crippen LogP contribution in [0.1, 0.15) is 10.5 Å². The van der Waals surface area contributed by atoms with E-state index >= 15 is 0 Å². The van der Waals surface area contributed by atoms with E-state index in [-0.39, 0.29) is 0 Å². The lowest BCUT2D eigenvalue weighted by molar-refractivity contribution is 0.111. The molecule has 0 N–H and O–H groups in total. The molecule has 0 aliphatic heterocycles. The number of hydrogen-bond donors (Lipinski definition) is 0. The largest absolute Gasteiger partial charge is 0.349 e. The van der Waals surface area contributed by atoms with Crippen molar-refractivity contribution in [2.45, 2.75) is 0 Å². The second kappa shape index (κ2) is 5.36. The quantitative estimate of drug-likeness (QED) is 0.542. The van der Waals surface area contributed by atoms with Crippen LogP contribution in [0.4, 0.5) is 0 Å². The van der Waals surface area contributed by atoms with Crippen LogP contribution in [0, 0.1) is 0 Å². The zero-order valence-corrected chi connectivity index (χ0v) is 13.0. The van der Waals surface area contributed by atoms with Crippen LogP contribution in [-0.4, -0.2) is 31.0 Å². The van der Waals surface area contributed by atoms with Gasteiger partial charge in [0.15, 0.2) is 11.3 Å². The molecular weight excluding hydrogens is 310 g/mol. The molecule has 23 heavy (non-hydrogen) atoms. The molecule has 4 aromatic heterocycles. The Morgan fingerprint density at radius 2 is 2.09 bits per heavy atom. The molecule has 0 atom stereocenters. The van der Waals surface area contributed by atoms with E-state index < -0.39 is 0 Å². The summed E-state index contributed by atoms with van der Waals surface area (Å²) in [4.78, 5) is 19.7. The number of rotatable bonds is 3. The highest BCUT2D eigenvalue weighted by atomic mass is 32.1. The molecule has 112 valence electrons. The molecule has 0 unspecified atom stereocenters. The average molecular weight is 321 g/mol. The average Bonchev–Trinajstić information content (AvgIpc) is 3.22. The van der Waals surface area contributed by atoms with E-state index in [9.17, 15) is 4.79 Å². The summed E-state index contributed by atoms with van der Waals surface area (Å²) in [6.45, 7) is 0. The number of pyridine rings is 2. The minimum Gasteiger partial charge on any atom is -0.349 e. The molecule has 4 rings (SSSR count). The molecule has 0 aliphatic carbocycles. The molecule has 0 aliphatic rings. The lowest BCUT2D eigenvalue weighted by atomic mass is 10.2. The SMILES string of the molecule is Cn1ccc2cc(C=O)nc(-c3nnc(-c4cccnc4)s3)c21. The van der Waals surface area contributed by atoms with Crippen LogP contribution >= 0.6 is 11.3 Å². The first-order valence-corrected chi connectivity index (χ1v) is 7.73. The molecule has 0 fully saturated rings. The second-order valence-electron chi connectivity index (χ2n) is 5.03. The van der Waals surface area contributed by atoms with Gasteiger partial charge in [0.1, 0.15) is 16.4 Å². The molecule has 0 aromatic carbocycles. The Morgan fingerprint density at radius 1 is 1.22 bits per heavy atom. The molecule has 4 heterocycles. The maximum Gasteiger partial charge on any atom is 0.168 e. The van der Waals surface area contributed by atoms with Crippen LogP contribution in [-0.2, 0) is 7.05 Å². The van der Waals surface area contributed by atoms with Crippen LogP contribution in [0.2, 0.25) is 0 Å². The summed E-state index contributed by atoms with van der Waals surface area (Å²) in [5.41, 5.74) is 2.90. The molecule has 7 heteroatoms. The molecular formula is C16H11N5OS. The molecule has 0 bridgehead atoms. The highest BCUT2D eigenvalue weighted by molar-refractivity contribution is 7.18. The van der Waals surface area contributed by atoms with Gasteiger partial charge < -0.3 is 4.57 Å². The van der Waals surface area contributed by atoms with Gasteiger partial charge in [-0.3, -0.25) is 9.78 Å². The zero-order valence-electron chi connectivity index (χ0n) is 12.2. The number of hydrogen-bond acceptors (Lipinski definition) is 6. The molecule has 0 saturated heterocycles. The number of aldehydes is 1. The van der Waals surface area contributed by atoms with Crippen molar-refractivity contribution >= 4 is 28.5 Å². The first kappa shape index (κ1) is 13.7. The third-order valence-corrected chi connectivity index (χ3v) is 4.51. The third-order valence-electron chi connectivity index (χ3n) is 3.53. The molecule has 6 nitrogen and oxygen atoms in total. The van der Waals surface area contributed by atoms with Gasteiger partial charge in [-0.25, -0.2) is 4.98 Å². The number of carbonyl (C=O) groups is 1.